The predicted molar refractivity (Wildman–Crippen MR) is 95.1 cm³/mol. The molecule has 8 nitrogen and oxygen atoms in total. The molecule has 25 heavy (non-hydrogen) atoms. The van der Waals surface area contributed by atoms with Crippen molar-refractivity contribution in [1.29, 1.82) is 0 Å². The smallest absolute Gasteiger partial charge is 0.274 e. The van der Waals surface area contributed by atoms with E-state index in [1.54, 1.807) is 31.2 Å². The number of nitrogens with one attached hydrogen (secondary N) is 1. The topological polar surface area (TPSA) is 114 Å². The molecule has 0 bridgehead atoms. The molecule has 2 rings (SSSR count). The fourth-order valence-corrected chi connectivity index (χ4v) is 2.41. The number of non-ortho nitro benzene ring substituents is 1. The Morgan fingerprint density at radius 2 is 2.16 bits per heavy atom. The van der Waals surface area contributed by atoms with Crippen molar-refractivity contribution in [3.05, 3.63) is 62.1 Å². The highest BCUT2D eigenvalue weighted by atomic mass is 79.9. The lowest BCUT2D eigenvalue weighted by molar-refractivity contribution is -0.385. The fraction of sp³-hybridized carbons (Fsp3) is 0.125. The highest BCUT2D eigenvalue weighted by Gasteiger charge is 2.16. The number of nitro groups is 1. The molecule has 0 fully saturated rings. The van der Waals surface area contributed by atoms with Gasteiger partial charge in [0.2, 0.25) is 0 Å². The Labute approximate surface area is 151 Å². The SMILES string of the molecule is CCOc1cc([N+](=O)[O-])cc(C=NNC(=O)c2ccccc2Br)c1O. The molecule has 0 heterocycles. The molecule has 0 aliphatic heterocycles. The van der Waals surface area contributed by atoms with Gasteiger partial charge in [0.15, 0.2) is 11.5 Å². The first-order valence-corrected chi connectivity index (χ1v) is 7.95. The van der Waals surface area contributed by atoms with Crippen LogP contribution in [0.25, 0.3) is 0 Å². The maximum atomic E-state index is 12.0. The van der Waals surface area contributed by atoms with Crippen molar-refractivity contribution in [1.82, 2.24) is 5.43 Å². The fourth-order valence-electron chi connectivity index (χ4n) is 1.95. The Balaban J connectivity index is 2.24. The lowest BCUT2D eigenvalue weighted by atomic mass is 10.1. The quantitative estimate of drug-likeness (QED) is 0.433. The average Bonchev–Trinajstić information content (AvgIpc) is 2.58. The molecule has 0 aliphatic carbocycles. The van der Waals surface area contributed by atoms with E-state index in [4.69, 9.17) is 4.74 Å². The number of carbonyl (C=O) groups is 1. The second kappa shape index (κ2) is 8.25. The van der Waals surface area contributed by atoms with E-state index in [0.717, 1.165) is 18.3 Å². The van der Waals surface area contributed by atoms with E-state index in [0.29, 0.717) is 10.0 Å². The highest BCUT2D eigenvalue weighted by molar-refractivity contribution is 9.10. The first-order valence-electron chi connectivity index (χ1n) is 7.16. The van der Waals surface area contributed by atoms with Gasteiger partial charge >= 0.3 is 0 Å². The monoisotopic (exact) mass is 407 g/mol. The Bertz CT molecular complexity index is 839. The summed E-state index contributed by atoms with van der Waals surface area (Å²) in [6, 6.07) is 9.03. The molecule has 2 N–H and O–H groups in total. The number of hydrogen-bond donors (Lipinski definition) is 2. The third-order valence-corrected chi connectivity index (χ3v) is 3.78. The van der Waals surface area contributed by atoms with Crippen molar-refractivity contribution < 1.29 is 19.6 Å². The third-order valence-electron chi connectivity index (χ3n) is 3.09. The third kappa shape index (κ3) is 4.54. The summed E-state index contributed by atoms with van der Waals surface area (Å²) in [4.78, 5) is 22.4. The number of amides is 1. The number of phenols is 1. The molecule has 0 unspecified atom stereocenters. The van der Waals surface area contributed by atoms with Gasteiger partial charge in [-0.25, -0.2) is 5.43 Å². The summed E-state index contributed by atoms with van der Waals surface area (Å²) in [6.45, 7) is 1.91. The number of nitro benzene ring substituents is 1. The lowest BCUT2D eigenvalue weighted by Crippen LogP contribution is -2.18. The zero-order valence-corrected chi connectivity index (χ0v) is 14.7. The molecular formula is C16H14BrN3O5. The maximum Gasteiger partial charge on any atom is 0.274 e. The number of carbonyl (C=O) groups excluding carboxylic acids is 1. The second-order valence-electron chi connectivity index (χ2n) is 4.75. The van der Waals surface area contributed by atoms with Gasteiger partial charge in [-0.05, 0) is 35.0 Å². The molecule has 0 aliphatic rings. The number of hydrogen-bond acceptors (Lipinski definition) is 6. The Kier molecular flexibility index (Phi) is 6.07. The van der Waals surface area contributed by atoms with E-state index in [1.807, 2.05) is 0 Å². The number of nitrogens with zero attached hydrogens (tertiary/aromatic N) is 2. The largest absolute Gasteiger partial charge is 0.504 e. The summed E-state index contributed by atoms with van der Waals surface area (Å²) in [6.07, 6.45) is 1.11. The minimum Gasteiger partial charge on any atom is -0.504 e. The van der Waals surface area contributed by atoms with Gasteiger partial charge < -0.3 is 9.84 Å². The second-order valence-corrected chi connectivity index (χ2v) is 5.61. The van der Waals surface area contributed by atoms with Crippen LogP contribution in [0.2, 0.25) is 0 Å². The van der Waals surface area contributed by atoms with Crippen molar-refractivity contribution in [2.45, 2.75) is 6.92 Å². The van der Waals surface area contributed by atoms with Gasteiger partial charge in [0.25, 0.3) is 11.6 Å². The molecule has 0 radical (unpaired) electrons. The number of phenolic OH excluding ortho intramolecular Hbond substituents is 1. The van der Waals surface area contributed by atoms with Gasteiger partial charge in [-0.1, -0.05) is 12.1 Å². The normalized spacial score (nSPS) is 10.6. The van der Waals surface area contributed by atoms with Crippen LogP contribution in [0.4, 0.5) is 5.69 Å². The molecule has 1 amide bonds. The van der Waals surface area contributed by atoms with E-state index in [1.165, 1.54) is 0 Å². The molecule has 2 aromatic carbocycles. The minimum atomic E-state index is -0.612. The van der Waals surface area contributed by atoms with Crippen molar-refractivity contribution in [2.75, 3.05) is 6.61 Å². The number of ether oxygens (including phenoxy) is 1. The van der Waals surface area contributed by atoms with Crippen LogP contribution in [0.1, 0.15) is 22.8 Å². The number of hydrazone groups is 1. The first-order chi connectivity index (χ1) is 11.9. The van der Waals surface area contributed by atoms with Crippen LogP contribution in [0.15, 0.2) is 46.0 Å². The maximum absolute atomic E-state index is 12.0. The van der Waals surface area contributed by atoms with Gasteiger partial charge in [-0.3, -0.25) is 14.9 Å². The molecular weight excluding hydrogens is 394 g/mol. The standard InChI is InChI=1S/C16H14BrN3O5/c1-2-25-14-8-11(20(23)24)7-10(15(14)21)9-18-19-16(22)12-5-3-4-6-13(12)17/h3-9,21H,2H2,1H3,(H,19,22). The highest BCUT2D eigenvalue weighted by Crippen LogP contribution is 2.33. The summed E-state index contributed by atoms with van der Waals surface area (Å²) in [5, 5.41) is 24.8. The van der Waals surface area contributed by atoms with E-state index in [-0.39, 0.29) is 29.4 Å². The van der Waals surface area contributed by atoms with E-state index in [2.05, 4.69) is 26.5 Å². The molecule has 0 saturated carbocycles. The Morgan fingerprint density at radius 1 is 1.44 bits per heavy atom. The van der Waals surface area contributed by atoms with Crippen LogP contribution in [0, 0.1) is 10.1 Å². The van der Waals surface area contributed by atoms with Gasteiger partial charge in [0.05, 0.1) is 29.4 Å². The van der Waals surface area contributed by atoms with Crippen molar-refractivity contribution in [3.63, 3.8) is 0 Å². The average molecular weight is 408 g/mol. The summed E-state index contributed by atoms with van der Waals surface area (Å²) in [5.41, 5.74) is 2.45. The van der Waals surface area contributed by atoms with Crippen LogP contribution in [0.5, 0.6) is 11.5 Å². The zero-order valence-electron chi connectivity index (χ0n) is 13.1. The molecule has 2 aromatic rings. The van der Waals surface area contributed by atoms with Crippen molar-refractivity contribution in [3.8, 4) is 11.5 Å². The molecule has 0 saturated heterocycles. The number of rotatable bonds is 6. The van der Waals surface area contributed by atoms with Crippen LogP contribution in [-0.4, -0.2) is 28.8 Å². The zero-order chi connectivity index (χ0) is 18.4. The summed E-state index contributed by atoms with van der Waals surface area (Å²) < 4.78 is 5.77. The summed E-state index contributed by atoms with van der Waals surface area (Å²) >= 11 is 3.25. The van der Waals surface area contributed by atoms with E-state index < -0.39 is 10.8 Å². The summed E-state index contributed by atoms with van der Waals surface area (Å²) in [7, 11) is 0. The molecule has 0 spiro atoms. The van der Waals surface area contributed by atoms with E-state index in [9.17, 15) is 20.0 Å². The Morgan fingerprint density at radius 3 is 2.80 bits per heavy atom. The van der Waals surface area contributed by atoms with Crippen LogP contribution < -0.4 is 10.2 Å². The first kappa shape index (κ1) is 18.4. The van der Waals surface area contributed by atoms with Gasteiger partial charge in [-0.2, -0.15) is 5.10 Å². The molecule has 130 valence electrons. The van der Waals surface area contributed by atoms with Gasteiger partial charge in [0, 0.05) is 16.1 Å². The lowest BCUT2D eigenvalue weighted by Gasteiger charge is -2.08. The van der Waals surface area contributed by atoms with Gasteiger partial charge in [0.1, 0.15) is 0 Å². The minimum absolute atomic E-state index is 0.0321. The summed E-state index contributed by atoms with van der Waals surface area (Å²) in [5.74, 6) is -0.805. The van der Waals surface area contributed by atoms with E-state index >= 15 is 0 Å². The van der Waals surface area contributed by atoms with Crippen LogP contribution in [0.3, 0.4) is 0 Å². The van der Waals surface area contributed by atoms with Crippen LogP contribution in [-0.2, 0) is 0 Å². The molecule has 9 heteroatoms. The molecule has 0 aromatic heterocycles. The van der Waals surface area contributed by atoms with Crippen molar-refractivity contribution >= 4 is 33.7 Å². The van der Waals surface area contributed by atoms with Crippen molar-refractivity contribution in [2.24, 2.45) is 5.10 Å². The number of aromatic hydroxyl groups is 1. The van der Waals surface area contributed by atoms with Gasteiger partial charge in [-0.15, -0.1) is 0 Å². The predicted octanol–water partition coefficient (Wildman–Crippen LogP) is 3.23. The molecule has 0 atom stereocenters. The van der Waals surface area contributed by atoms with Crippen LogP contribution >= 0.6 is 15.9 Å². The Hall–Kier alpha value is -2.94. The number of halogens is 1. The number of benzene rings is 2.